The summed E-state index contributed by atoms with van der Waals surface area (Å²) in [6, 6.07) is 13.6. The second-order valence-electron chi connectivity index (χ2n) is 8.01. The van der Waals surface area contributed by atoms with E-state index in [-0.39, 0.29) is 23.3 Å². The Morgan fingerprint density at radius 2 is 1.87 bits per heavy atom. The molecule has 1 aromatic heterocycles. The maximum Gasteiger partial charge on any atom is 0.266 e. The third kappa shape index (κ3) is 4.43. The van der Waals surface area contributed by atoms with E-state index >= 15 is 0 Å². The fraction of sp³-hybridized carbons (Fsp3) is 0.375. The molecule has 0 unspecified atom stereocenters. The normalized spacial score (nSPS) is 14.7. The topological polar surface area (TPSA) is 64.0 Å². The lowest BCUT2D eigenvalue weighted by Gasteiger charge is -2.22. The average molecular weight is 422 g/mol. The fourth-order valence-corrected chi connectivity index (χ4v) is 4.77. The highest BCUT2D eigenvalue weighted by molar-refractivity contribution is 7.99. The minimum atomic E-state index is -0.112. The van der Waals surface area contributed by atoms with Gasteiger partial charge in [-0.1, -0.05) is 49.2 Å². The predicted octanol–water partition coefficient (Wildman–Crippen LogP) is 4.54. The lowest BCUT2D eigenvalue weighted by molar-refractivity contribution is -0.119. The van der Waals surface area contributed by atoms with Gasteiger partial charge < -0.3 is 5.32 Å². The van der Waals surface area contributed by atoms with E-state index in [0.717, 1.165) is 24.1 Å². The molecule has 0 radical (unpaired) electrons. The summed E-state index contributed by atoms with van der Waals surface area (Å²) < 4.78 is 1.63. The zero-order valence-electron chi connectivity index (χ0n) is 17.5. The van der Waals surface area contributed by atoms with E-state index in [9.17, 15) is 9.59 Å². The number of carbonyl (C=O) groups excluding carboxylic acids is 1. The van der Waals surface area contributed by atoms with Gasteiger partial charge in [-0.05, 0) is 62.1 Å². The lowest BCUT2D eigenvalue weighted by Crippen LogP contribution is -2.37. The van der Waals surface area contributed by atoms with Crippen molar-refractivity contribution >= 4 is 28.6 Å². The third-order valence-corrected chi connectivity index (χ3v) is 6.73. The number of hydrogen-bond donors (Lipinski definition) is 1. The third-order valence-electron chi connectivity index (χ3n) is 5.80. The van der Waals surface area contributed by atoms with Crippen molar-refractivity contribution in [3.63, 3.8) is 0 Å². The van der Waals surface area contributed by atoms with Crippen LogP contribution in [0.15, 0.2) is 52.4 Å². The lowest BCUT2D eigenvalue weighted by atomic mass is 9.95. The number of benzene rings is 2. The van der Waals surface area contributed by atoms with E-state index < -0.39 is 0 Å². The smallest absolute Gasteiger partial charge is 0.266 e. The van der Waals surface area contributed by atoms with Gasteiger partial charge in [0.25, 0.3) is 5.56 Å². The van der Waals surface area contributed by atoms with E-state index in [1.54, 1.807) is 10.6 Å². The van der Waals surface area contributed by atoms with Gasteiger partial charge in [-0.3, -0.25) is 14.2 Å². The van der Waals surface area contributed by atoms with Crippen LogP contribution in [0.1, 0.15) is 43.2 Å². The van der Waals surface area contributed by atoms with Crippen LogP contribution in [0.25, 0.3) is 16.6 Å². The summed E-state index contributed by atoms with van der Waals surface area (Å²) >= 11 is 1.32. The van der Waals surface area contributed by atoms with Crippen molar-refractivity contribution in [3.8, 4) is 5.69 Å². The van der Waals surface area contributed by atoms with Gasteiger partial charge in [-0.15, -0.1) is 0 Å². The highest BCUT2D eigenvalue weighted by Gasteiger charge is 2.18. The number of rotatable bonds is 5. The minimum absolute atomic E-state index is 0.000874. The number of thioether (sulfide) groups is 1. The van der Waals surface area contributed by atoms with Gasteiger partial charge >= 0.3 is 0 Å². The highest BCUT2D eigenvalue weighted by Crippen LogP contribution is 2.23. The van der Waals surface area contributed by atoms with Crippen LogP contribution in [0.2, 0.25) is 0 Å². The van der Waals surface area contributed by atoms with Crippen molar-refractivity contribution in [1.82, 2.24) is 14.9 Å². The SMILES string of the molecule is Cc1ccc(-n2c(SCC(=O)NC3CCCCC3)nc3ccccc3c2=O)cc1C. The van der Waals surface area contributed by atoms with Crippen LogP contribution in [0.4, 0.5) is 0 Å². The standard InChI is InChI=1S/C24H27N3O2S/c1-16-12-13-19(14-17(16)2)27-23(29)20-10-6-7-11-21(20)26-24(27)30-15-22(28)25-18-8-4-3-5-9-18/h6-7,10-14,18H,3-5,8-9,15H2,1-2H3,(H,25,28). The molecule has 1 aliphatic carbocycles. The van der Waals surface area contributed by atoms with Gasteiger partial charge in [0, 0.05) is 6.04 Å². The maximum absolute atomic E-state index is 13.3. The molecule has 1 heterocycles. The predicted molar refractivity (Wildman–Crippen MR) is 123 cm³/mol. The van der Waals surface area contributed by atoms with E-state index in [4.69, 9.17) is 4.98 Å². The number of carbonyl (C=O) groups is 1. The van der Waals surface area contributed by atoms with Gasteiger partial charge in [-0.2, -0.15) is 0 Å². The summed E-state index contributed by atoms with van der Waals surface area (Å²) in [4.78, 5) is 30.6. The molecule has 4 rings (SSSR count). The van der Waals surface area contributed by atoms with Crippen molar-refractivity contribution in [3.05, 3.63) is 63.9 Å². The number of para-hydroxylation sites is 1. The molecule has 0 saturated heterocycles. The van der Waals surface area contributed by atoms with Crippen molar-refractivity contribution in [1.29, 1.82) is 0 Å². The molecule has 1 fully saturated rings. The molecule has 3 aromatic rings. The summed E-state index contributed by atoms with van der Waals surface area (Å²) in [5.41, 5.74) is 3.59. The second-order valence-corrected chi connectivity index (χ2v) is 8.95. The molecule has 0 bridgehead atoms. The maximum atomic E-state index is 13.3. The Morgan fingerprint density at radius 3 is 2.63 bits per heavy atom. The molecule has 1 N–H and O–H groups in total. The first-order valence-electron chi connectivity index (χ1n) is 10.5. The van der Waals surface area contributed by atoms with Crippen molar-refractivity contribution in [2.75, 3.05) is 5.75 Å². The molecule has 6 heteroatoms. The Morgan fingerprint density at radius 1 is 1.10 bits per heavy atom. The molecule has 0 atom stereocenters. The van der Waals surface area contributed by atoms with E-state index in [2.05, 4.69) is 5.32 Å². The van der Waals surface area contributed by atoms with Crippen LogP contribution in [-0.2, 0) is 4.79 Å². The number of nitrogens with one attached hydrogen (secondary N) is 1. The van der Waals surface area contributed by atoms with Crippen LogP contribution in [0, 0.1) is 13.8 Å². The molecule has 1 aliphatic rings. The summed E-state index contributed by atoms with van der Waals surface area (Å²) in [7, 11) is 0. The van der Waals surface area contributed by atoms with Gasteiger partial charge in [-0.25, -0.2) is 4.98 Å². The number of aromatic nitrogens is 2. The van der Waals surface area contributed by atoms with E-state index in [1.165, 1.54) is 36.6 Å². The van der Waals surface area contributed by atoms with Gasteiger partial charge in [0.2, 0.25) is 5.91 Å². The Labute approximate surface area is 180 Å². The molecule has 5 nitrogen and oxygen atoms in total. The summed E-state index contributed by atoms with van der Waals surface area (Å²) in [6.07, 6.45) is 5.72. The second kappa shape index (κ2) is 9.04. The van der Waals surface area contributed by atoms with Crippen LogP contribution in [0.3, 0.4) is 0 Å². The van der Waals surface area contributed by atoms with Crippen molar-refractivity contribution < 1.29 is 4.79 Å². The summed E-state index contributed by atoms with van der Waals surface area (Å²) in [5, 5.41) is 4.26. The quantitative estimate of drug-likeness (QED) is 0.485. The fourth-order valence-electron chi connectivity index (χ4n) is 3.95. The molecule has 0 spiro atoms. The van der Waals surface area contributed by atoms with Crippen LogP contribution in [0.5, 0.6) is 0 Å². The monoisotopic (exact) mass is 421 g/mol. The van der Waals surface area contributed by atoms with Crippen LogP contribution in [-0.4, -0.2) is 27.3 Å². The molecule has 30 heavy (non-hydrogen) atoms. The number of hydrogen-bond acceptors (Lipinski definition) is 4. The molecule has 0 aliphatic heterocycles. The molecule has 2 aromatic carbocycles. The Balaban J connectivity index is 1.66. The van der Waals surface area contributed by atoms with Gasteiger partial charge in [0.05, 0.1) is 22.3 Å². The van der Waals surface area contributed by atoms with Crippen LogP contribution < -0.4 is 10.9 Å². The van der Waals surface area contributed by atoms with Gasteiger partial charge in [0.1, 0.15) is 0 Å². The first-order valence-corrected chi connectivity index (χ1v) is 11.5. The first-order chi connectivity index (χ1) is 14.5. The molecule has 1 amide bonds. The average Bonchev–Trinajstić information content (AvgIpc) is 2.75. The number of aryl methyl sites for hydroxylation is 2. The highest BCUT2D eigenvalue weighted by atomic mass is 32.2. The minimum Gasteiger partial charge on any atom is -0.353 e. The molecular formula is C24H27N3O2S. The summed E-state index contributed by atoms with van der Waals surface area (Å²) in [6.45, 7) is 4.08. The number of fused-ring (bicyclic) bond motifs is 1. The number of amides is 1. The molecule has 1 saturated carbocycles. The summed E-state index contributed by atoms with van der Waals surface area (Å²) in [5.74, 6) is 0.243. The van der Waals surface area contributed by atoms with Crippen molar-refractivity contribution in [2.45, 2.75) is 57.1 Å². The zero-order valence-corrected chi connectivity index (χ0v) is 18.3. The van der Waals surface area contributed by atoms with E-state index in [1.807, 2.05) is 50.2 Å². The largest absolute Gasteiger partial charge is 0.353 e. The Bertz CT molecular complexity index is 1130. The Hall–Kier alpha value is -2.60. The zero-order chi connectivity index (χ0) is 21.1. The van der Waals surface area contributed by atoms with Gasteiger partial charge in [0.15, 0.2) is 5.16 Å². The van der Waals surface area contributed by atoms with E-state index in [0.29, 0.717) is 16.1 Å². The number of nitrogens with zero attached hydrogens (tertiary/aromatic N) is 2. The van der Waals surface area contributed by atoms with Crippen LogP contribution >= 0.6 is 11.8 Å². The molecular weight excluding hydrogens is 394 g/mol. The Kier molecular flexibility index (Phi) is 6.23. The van der Waals surface area contributed by atoms with Crippen molar-refractivity contribution in [2.24, 2.45) is 0 Å². The molecule has 156 valence electrons. The first kappa shape index (κ1) is 20.7.